The van der Waals surface area contributed by atoms with Gasteiger partial charge in [-0.2, -0.15) is 5.10 Å². The van der Waals surface area contributed by atoms with Crippen LogP contribution in [0.4, 0.5) is 10.5 Å². The Labute approximate surface area is 118 Å². The van der Waals surface area contributed by atoms with Gasteiger partial charge in [0.15, 0.2) is 0 Å². The molecule has 20 heavy (non-hydrogen) atoms. The topological polar surface area (TPSA) is 76.5 Å². The molecule has 1 rings (SSSR count). The summed E-state index contributed by atoms with van der Waals surface area (Å²) < 4.78 is 6.75. The molecule has 0 unspecified atom stereocenters. The molecule has 112 valence electrons. The van der Waals surface area contributed by atoms with Gasteiger partial charge in [0.25, 0.3) is 0 Å². The van der Waals surface area contributed by atoms with Crippen molar-refractivity contribution in [2.24, 2.45) is 7.05 Å². The molecular formula is C13H22N4O3. The molecule has 0 aliphatic carbocycles. The number of nitrogens with one attached hydrogen (secondary N) is 1. The maximum absolute atomic E-state index is 11.5. The maximum Gasteiger partial charge on any atom is 0.407 e. The fourth-order valence-electron chi connectivity index (χ4n) is 1.69. The van der Waals surface area contributed by atoms with Gasteiger partial charge >= 0.3 is 6.09 Å². The second kappa shape index (κ2) is 6.40. The molecule has 0 aliphatic heterocycles. The van der Waals surface area contributed by atoms with Crippen molar-refractivity contribution in [3.05, 3.63) is 11.9 Å². The first-order valence-corrected chi connectivity index (χ1v) is 6.42. The van der Waals surface area contributed by atoms with Crippen LogP contribution in [-0.2, 0) is 16.6 Å². The monoisotopic (exact) mass is 282 g/mol. The Kier molecular flexibility index (Phi) is 5.12. The summed E-state index contributed by atoms with van der Waals surface area (Å²) in [6.07, 6.45) is 1.99. The SMILES string of the molecule is Cc1nn(C)cc1N(C=O)CCNC(=O)OC(C)(C)C. The highest BCUT2D eigenvalue weighted by Crippen LogP contribution is 2.16. The molecule has 0 spiro atoms. The molecule has 0 atom stereocenters. The Hall–Kier alpha value is -2.05. The van der Waals surface area contributed by atoms with E-state index in [9.17, 15) is 9.59 Å². The van der Waals surface area contributed by atoms with E-state index in [0.717, 1.165) is 17.8 Å². The molecule has 0 aliphatic rings. The number of hydrogen-bond donors (Lipinski definition) is 1. The highest BCUT2D eigenvalue weighted by molar-refractivity contribution is 5.76. The largest absolute Gasteiger partial charge is 0.444 e. The van der Waals surface area contributed by atoms with Gasteiger partial charge < -0.3 is 15.0 Å². The molecular weight excluding hydrogens is 260 g/mol. The van der Waals surface area contributed by atoms with E-state index in [4.69, 9.17) is 4.74 Å². The highest BCUT2D eigenvalue weighted by Gasteiger charge is 2.16. The van der Waals surface area contributed by atoms with E-state index in [0.29, 0.717) is 13.1 Å². The predicted octanol–water partition coefficient (Wildman–Crippen LogP) is 1.22. The lowest BCUT2D eigenvalue weighted by Crippen LogP contribution is -2.37. The molecule has 0 aromatic carbocycles. The van der Waals surface area contributed by atoms with Crippen LogP contribution in [0.2, 0.25) is 0 Å². The quantitative estimate of drug-likeness (QED) is 0.824. The van der Waals surface area contributed by atoms with Crippen LogP contribution in [-0.4, -0.2) is 41.0 Å². The summed E-state index contributed by atoms with van der Waals surface area (Å²) in [5, 5.41) is 6.79. The van der Waals surface area contributed by atoms with E-state index in [2.05, 4.69) is 10.4 Å². The van der Waals surface area contributed by atoms with Crippen molar-refractivity contribution >= 4 is 18.2 Å². The molecule has 1 heterocycles. The van der Waals surface area contributed by atoms with Gasteiger partial charge in [-0.15, -0.1) is 0 Å². The fourth-order valence-corrected chi connectivity index (χ4v) is 1.69. The number of hydrogen-bond acceptors (Lipinski definition) is 4. The summed E-state index contributed by atoms with van der Waals surface area (Å²) >= 11 is 0. The zero-order valence-electron chi connectivity index (χ0n) is 12.6. The molecule has 0 saturated heterocycles. The van der Waals surface area contributed by atoms with E-state index in [-0.39, 0.29) is 0 Å². The average Bonchev–Trinajstić information content (AvgIpc) is 2.61. The number of nitrogens with zero attached hydrogens (tertiary/aromatic N) is 3. The molecule has 1 aromatic rings. The number of amides is 2. The Morgan fingerprint density at radius 1 is 1.55 bits per heavy atom. The maximum atomic E-state index is 11.5. The smallest absolute Gasteiger partial charge is 0.407 e. The first kappa shape index (κ1) is 16.0. The van der Waals surface area contributed by atoms with Crippen LogP contribution in [0.5, 0.6) is 0 Å². The number of ether oxygens (including phenoxy) is 1. The summed E-state index contributed by atoms with van der Waals surface area (Å²) in [7, 11) is 1.79. The number of carbonyl (C=O) groups excluding carboxylic acids is 2. The molecule has 1 N–H and O–H groups in total. The Bertz CT molecular complexity index is 476. The third-order valence-electron chi connectivity index (χ3n) is 2.45. The van der Waals surface area contributed by atoms with Crippen LogP contribution in [0, 0.1) is 6.92 Å². The number of carbonyl (C=O) groups is 2. The fraction of sp³-hybridized carbons (Fsp3) is 0.615. The van der Waals surface area contributed by atoms with Crippen molar-refractivity contribution in [1.29, 1.82) is 0 Å². The van der Waals surface area contributed by atoms with Crippen LogP contribution in [0.1, 0.15) is 26.5 Å². The van der Waals surface area contributed by atoms with Crippen molar-refractivity contribution in [3.8, 4) is 0 Å². The van der Waals surface area contributed by atoms with Crippen molar-refractivity contribution in [1.82, 2.24) is 15.1 Å². The first-order chi connectivity index (χ1) is 9.23. The Morgan fingerprint density at radius 2 is 2.20 bits per heavy atom. The summed E-state index contributed by atoms with van der Waals surface area (Å²) in [4.78, 5) is 24.1. The Morgan fingerprint density at radius 3 is 2.65 bits per heavy atom. The number of aromatic nitrogens is 2. The molecule has 0 saturated carbocycles. The minimum absolute atomic E-state index is 0.308. The van der Waals surface area contributed by atoms with Gasteiger partial charge in [-0.1, -0.05) is 0 Å². The lowest BCUT2D eigenvalue weighted by molar-refractivity contribution is -0.107. The zero-order valence-corrected chi connectivity index (χ0v) is 12.6. The van der Waals surface area contributed by atoms with Crippen LogP contribution >= 0.6 is 0 Å². The summed E-state index contributed by atoms with van der Waals surface area (Å²) in [5.41, 5.74) is 0.958. The molecule has 0 bridgehead atoms. The molecule has 7 heteroatoms. The van der Waals surface area contributed by atoms with E-state index < -0.39 is 11.7 Å². The van der Waals surface area contributed by atoms with Crippen LogP contribution in [0.3, 0.4) is 0 Å². The molecule has 2 amide bonds. The minimum Gasteiger partial charge on any atom is -0.444 e. The van der Waals surface area contributed by atoms with E-state index in [1.165, 1.54) is 4.90 Å². The van der Waals surface area contributed by atoms with E-state index in [1.54, 1.807) is 38.7 Å². The van der Waals surface area contributed by atoms with E-state index in [1.807, 2.05) is 6.92 Å². The van der Waals surface area contributed by atoms with Crippen molar-refractivity contribution < 1.29 is 14.3 Å². The van der Waals surface area contributed by atoms with Crippen LogP contribution in [0.25, 0.3) is 0 Å². The second-order valence-corrected chi connectivity index (χ2v) is 5.50. The van der Waals surface area contributed by atoms with Crippen LogP contribution in [0.15, 0.2) is 6.20 Å². The van der Waals surface area contributed by atoms with Gasteiger partial charge in [-0.3, -0.25) is 9.48 Å². The van der Waals surface area contributed by atoms with Crippen molar-refractivity contribution in [2.45, 2.75) is 33.3 Å². The summed E-state index contributed by atoms with van der Waals surface area (Å²) in [6.45, 7) is 7.88. The minimum atomic E-state index is -0.533. The second-order valence-electron chi connectivity index (χ2n) is 5.50. The standard InChI is InChI=1S/C13H22N4O3/c1-10-11(8-16(5)15-10)17(9-18)7-6-14-12(19)20-13(2,3)4/h8-9H,6-7H2,1-5H3,(H,14,19). The third kappa shape index (κ3) is 4.91. The van der Waals surface area contributed by atoms with Gasteiger partial charge in [0.1, 0.15) is 5.60 Å². The van der Waals surface area contributed by atoms with Gasteiger partial charge in [0.2, 0.25) is 6.41 Å². The Balaban J connectivity index is 2.49. The molecule has 1 aromatic heterocycles. The molecule has 0 fully saturated rings. The van der Waals surface area contributed by atoms with E-state index >= 15 is 0 Å². The molecule has 7 nitrogen and oxygen atoms in total. The number of alkyl carbamates (subject to hydrolysis) is 1. The van der Waals surface area contributed by atoms with Crippen LogP contribution < -0.4 is 10.2 Å². The van der Waals surface area contributed by atoms with Gasteiger partial charge in [-0.05, 0) is 27.7 Å². The summed E-state index contributed by atoms with van der Waals surface area (Å²) in [6, 6.07) is 0. The van der Waals surface area contributed by atoms with Gasteiger partial charge in [0.05, 0.1) is 11.4 Å². The summed E-state index contributed by atoms with van der Waals surface area (Å²) in [5.74, 6) is 0. The average molecular weight is 282 g/mol. The first-order valence-electron chi connectivity index (χ1n) is 6.42. The zero-order chi connectivity index (χ0) is 15.3. The van der Waals surface area contributed by atoms with Crippen molar-refractivity contribution in [3.63, 3.8) is 0 Å². The number of rotatable bonds is 5. The van der Waals surface area contributed by atoms with Crippen molar-refractivity contribution in [2.75, 3.05) is 18.0 Å². The number of aryl methyl sites for hydroxylation is 2. The normalized spacial score (nSPS) is 11.1. The lowest BCUT2D eigenvalue weighted by atomic mass is 10.2. The molecule has 0 radical (unpaired) electrons. The number of anilines is 1. The van der Waals surface area contributed by atoms with Gasteiger partial charge in [0, 0.05) is 26.3 Å². The lowest BCUT2D eigenvalue weighted by Gasteiger charge is -2.21. The third-order valence-corrected chi connectivity index (χ3v) is 2.45. The predicted molar refractivity (Wildman–Crippen MR) is 75.6 cm³/mol. The van der Waals surface area contributed by atoms with Gasteiger partial charge in [-0.25, -0.2) is 4.79 Å². The highest BCUT2D eigenvalue weighted by atomic mass is 16.6.